The summed E-state index contributed by atoms with van der Waals surface area (Å²) < 4.78 is 6.30. The Bertz CT molecular complexity index is 1250. The van der Waals surface area contributed by atoms with Gasteiger partial charge in [0.05, 0.1) is 16.8 Å². The normalized spacial score (nSPS) is 11.4. The predicted molar refractivity (Wildman–Crippen MR) is 135 cm³/mol. The number of benzene rings is 3. The van der Waals surface area contributed by atoms with Crippen molar-refractivity contribution in [3.05, 3.63) is 65.2 Å². The van der Waals surface area contributed by atoms with E-state index < -0.39 is 0 Å². The molecule has 3 aromatic carbocycles. The van der Waals surface area contributed by atoms with Crippen LogP contribution in [-0.4, -0.2) is 49.1 Å². The zero-order chi connectivity index (χ0) is 22.7. The standard InChI is InChI=1S/C25H26ClN3O2S/c1-4-28(5-2)15-16-29(24(30)19-12-8-10-17-9-6-7-11-18(17)19)25-27-22-21(31-3)14-13-20(26)23(22)32-25/h6-14H,4-5,15-16H2,1-3H3. The van der Waals surface area contributed by atoms with Crippen molar-refractivity contribution in [1.29, 1.82) is 0 Å². The number of hydrogen-bond donors (Lipinski definition) is 0. The lowest BCUT2D eigenvalue weighted by molar-refractivity contribution is 0.0985. The van der Waals surface area contributed by atoms with E-state index in [1.165, 1.54) is 11.3 Å². The average Bonchev–Trinajstić information content (AvgIpc) is 3.27. The molecule has 0 N–H and O–H groups in total. The minimum atomic E-state index is -0.0666. The first kappa shape index (κ1) is 22.5. The maximum atomic E-state index is 13.9. The first-order valence-electron chi connectivity index (χ1n) is 10.7. The van der Waals surface area contributed by atoms with Gasteiger partial charge in [0.1, 0.15) is 11.3 Å². The highest BCUT2D eigenvalue weighted by atomic mass is 35.5. The molecular formula is C25H26ClN3O2S. The van der Waals surface area contributed by atoms with Crippen molar-refractivity contribution in [2.24, 2.45) is 0 Å². The van der Waals surface area contributed by atoms with E-state index in [9.17, 15) is 4.79 Å². The van der Waals surface area contributed by atoms with Crippen molar-refractivity contribution in [2.75, 3.05) is 38.2 Å². The second kappa shape index (κ2) is 9.86. The number of hydrogen-bond acceptors (Lipinski definition) is 5. The highest BCUT2D eigenvalue weighted by Crippen LogP contribution is 2.39. The molecule has 1 amide bonds. The summed E-state index contributed by atoms with van der Waals surface area (Å²) in [5.74, 6) is 0.580. The molecule has 1 aromatic heterocycles. The number of anilines is 1. The van der Waals surface area contributed by atoms with Crippen LogP contribution in [0.5, 0.6) is 5.75 Å². The summed E-state index contributed by atoms with van der Waals surface area (Å²) in [6.45, 7) is 7.39. The Kier molecular flexibility index (Phi) is 6.94. The van der Waals surface area contributed by atoms with Crippen LogP contribution in [0.15, 0.2) is 54.6 Å². The molecule has 4 aromatic rings. The number of carbonyl (C=O) groups is 1. The van der Waals surface area contributed by atoms with Crippen LogP contribution in [-0.2, 0) is 0 Å². The molecule has 0 saturated carbocycles. The SMILES string of the molecule is CCN(CC)CCN(C(=O)c1cccc2ccccc12)c1nc2c(OC)ccc(Cl)c2s1. The summed E-state index contributed by atoms with van der Waals surface area (Å²) in [6.07, 6.45) is 0. The van der Waals surface area contributed by atoms with Crippen molar-refractivity contribution in [1.82, 2.24) is 9.88 Å². The van der Waals surface area contributed by atoms with Crippen LogP contribution in [0.4, 0.5) is 5.13 Å². The van der Waals surface area contributed by atoms with Crippen LogP contribution < -0.4 is 9.64 Å². The Morgan fingerprint density at radius 2 is 1.78 bits per heavy atom. The number of ether oxygens (including phenoxy) is 1. The first-order chi connectivity index (χ1) is 15.6. The van der Waals surface area contributed by atoms with Gasteiger partial charge < -0.3 is 9.64 Å². The Morgan fingerprint density at radius 3 is 2.53 bits per heavy atom. The zero-order valence-corrected chi connectivity index (χ0v) is 20.0. The van der Waals surface area contributed by atoms with Gasteiger partial charge in [0.25, 0.3) is 5.91 Å². The minimum absolute atomic E-state index is 0.0666. The molecule has 0 unspecified atom stereocenters. The molecule has 1 heterocycles. The van der Waals surface area contributed by atoms with E-state index in [2.05, 4.69) is 18.7 Å². The van der Waals surface area contributed by atoms with Gasteiger partial charge in [0, 0.05) is 18.7 Å². The van der Waals surface area contributed by atoms with Crippen LogP contribution in [0.1, 0.15) is 24.2 Å². The molecule has 0 saturated heterocycles. The minimum Gasteiger partial charge on any atom is -0.494 e. The highest BCUT2D eigenvalue weighted by Gasteiger charge is 2.24. The lowest BCUT2D eigenvalue weighted by Crippen LogP contribution is -2.39. The third kappa shape index (κ3) is 4.31. The third-order valence-corrected chi connectivity index (χ3v) is 7.24. The summed E-state index contributed by atoms with van der Waals surface area (Å²) in [7, 11) is 1.61. The number of methoxy groups -OCH3 is 1. The van der Waals surface area contributed by atoms with Gasteiger partial charge in [-0.15, -0.1) is 0 Å². The van der Waals surface area contributed by atoms with Gasteiger partial charge in [0.2, 0.25) is 0 Å². The quantitative estimate of drug-likeness (QED) is 0.314. The van der Waals surface area contributed by atoms with Crippen molar-refractivity contribution in [3.63, 3.8) is 0 Å². The Labute approximate surface area is 197 Å². The Hall–Kier alpha value is -2.67. The Balaban J connectivity index is 1.81. The highest BCUT2D eigenvalue weighted by molar-refractivity contribution is 7.23. The molecule has 0 aliphatic carbocycles. The van der Waals surface area contributed by atoms with Crippen molar-refractivity contribution in [3.8, 4) is 5.75 Å². The van der Waals surface area contributed by atoms with Crippen molar-refractivity contribution >= 4 is 55.0 Å². The fourth-order valence-electron chi connectivity index (χ4n) is 3.84. The maximum absolute atomic E-state index is 13.9. The van der Waals surface area contributed by atoms with Gasteiger partial charge in [-0.25, -0.2) is 4.98 Å². The molecule has 166 valence electrons. The lowest BCUT2D eigenvalue weighted by Gasteiger charge is -2.25. The lowest BCUT2D eigenvalue weighted by atomic mass is 10.0. The average molecular weight is 468 g/mol. The van der Waals surface area contributed by atoms with Crippen molar-refractivity contribution < 1.29 is 9.53 Å². The topological polar surface area (TPSA) is 45.7 Å². The molecule has 0 bridgehead atoms. The van der Waals surface area contributed by atoms with E-state index in [-0.39, 0.29) is 5.91 Å². The van der Waals surface area contributed by atoms with E-state index in [1.807, 2.05) is 42.5 Å². The first-order valence-corrected chi connectivity index (χ1v) is 11.9. The third-order valence-electron chi connectivity index (χ3n) is 5.70. The molecule has 7 heteroatoms. The summed E-state index contributed by atoms with van der Waals surface area (Å²) in [4.78, 5) is 22.7. The zero-order valence-electron chi connectivity index (χ0n) is 18.5. The fraction of sp³-hybridized carbons (Fsp3) is 0.280. The second-order valence-corrected chi connectivity index (χ2v) is 8.82. The maximum Gasteiger partial charge on any atom is 0.260 e. The number of aromatic nitrogens is 1. The molecule has 0 aliphatic heterocycles. The van der Waals surface area contributed by atoms with E-state index in [4.69, 9.17) is 21.3 Å². The summed E-state index contributed by atoms with van der Waals surface area (Å²) >= 11 is 7.87. The number of fused-ring (bicyclic) bond motifs is 2. The number of amides is 1. The van der Waals surface area contributed by atoms with E-state index >= 15 is 0 Å². The van der Waals surface area contributed by atoms with Crippen LogP contribution in [0, 0.1) is 0 Å². The Morgan fingerprint density at radius 1 is 1.03 bits per heavy atom. The largest absolute Gasteiger partial charge is 0.494 e. The van der Waals surface area contributed by atoms with Gasteiger partial charge in [0.15, 0.2) is 5.13 Å². The molecule has 0 spiro atoms. The fourth-order valence-corrected chi connectivity index (χ4v) is 5.12. The van der Waals surface area contributed by atoms with E-state index in [0.717, 1.165) is 35.1 Å². The van der Waals surface area contributed by atoms with Gasteiger partial charge in [-0.05, 0) is 42.1 Å². The number of rotatable bonds is 8. The number of thiazole rings is 1. The summed E-state index contributed by atoms with van der Waals surface area (Å²) in [5.41, 5.74) is 1.35. The molecule has 0 atom stereocenters. The van der Waals surface area contributed by atoms with E-state index in [0.29, 0.717) is 33.5 Å². The van der Waals surface area contributed by atoms with Crippen LogP contribution in [0.3, 0.4) is 0 Å². The van der Waals surface area contributed by atoms with E-state index in [1.54, 1.807) is 24.1 Å². The predicted octanol–water partition coefficient (Wildman–Crippen LogP) is 6.10. The monoisotopic (exact) mass is 467 g/mol. The number of halogens is 1. The van der Waals surface area contributed by atoms with Crippen LogP contribution in [0.2, 0.25) is 5.02 Å². The number of likely N-dealkylation sites (N-methyl/N-ethyl adjacent to an activating group) is 1. The number of carbonyl (C=O) groups excluding carboxylic acids is 1. The molecule has 0 fully saturated rings. The summed E-state index contributed by atoms with van der Waals surface area (Å²) in [5, 5.41) is 3.20. The molecular weight excluding hydrogens is 442 g/mol. The smallest absolute Gasteiger partial charge is 0.260 e. The second-order valence-electron chi connectivity index (χ2n) is 7.43. The van der Waals surface area contributed by atoms with Gasteiger partial charge in [-0.1, -0.05) is 73.2 Å². The van der Waals surface area contributed by atoms with Gasteiger partial charge in [-0.2, -0.15) is 0 Å². The van der Waals surface area contributed by atoms with Gasteiger partial charge >= 0.3 is 0 Å². The van der Waals surface area contributed by atoms with Crippen LogP contribution >= 0.6 is 22.9 Å². The molecule has 32 heavy (non-hydrogen) atoms. The molecule has 4 rings (SSSR count). The van der Waals surface area contributed by atoms with Crippen LogP contribution in [0.25, 0.3) is 21.0 Å². The number of nitrogens with zero attached hydrogens (tertiary/aromatic N) is 3. The van der Waals surface area contributed by atoms with Gasteiger partial charge in [-0.3, -0.25) is 9.69 Å². The molecule has 0 radical (unpaired) electrons. The molecule has 0 aliphatic rings. The summed E-state index contributed by atoms with van der Waals surface area (Å²) in [6, 6.07) is 17.4. The molecule has 5 nitrogen and oxygen atoms in total. The van der Waals surface area contributed by atoms with Crippen molar-refractivity contribution in [2.45, 2.75) is 13.8 Å².